The van der Waals surface area contributed by atoms with E-state index in [-0.39, 0.29) is 49.0 Å². The first kappa shape index (κ1) is 27.5. The number of nitrogens with zero attached hydrogens (tertiary/aromatic N) is 1. The Morgan fingerprint density at radius 1 is 1.02 bits per heavy atom. The van der Waals surface area contributed by atoms with Gasteiger partial charge in [-0.05, 0) is 36.2 Å². The molecule has 0 radical (unpaired) electrons. The number of fused-ring (bicyclic) bond motifs is 1. The van der Waals surface area contributed by atoms with Gasteiger partial charge in [0.15, 0.2) is 23.2 Å². The SMILES string of the molecule is COc1c(COC(=O)Nc2ccc(Oc3cc(F)c(F)cc3F)cc2)ccc2c1C(=O)N(C1CCC(=O)NC1=O)C2. The molecule has 0 bridgehead atoms. The topological polar surface area (TPSA) is 123 Å². The molecule has 2 aliphatic rings. The lowest BCUT2D eigenvalue weighted by Crippen LogP contribution is -2.52. The fourth-order valence-electron chi connectivity index (χ4n) is 4.62. The van der Waals surface area contributed by atoms with Gasteiger partial charge in [-0.1, -0.05) is 12.1 Å². The second-order valence-corrected chi connectivity index (χ2v) is 9.22. The van der Waals surface area contributed by atoms with Gasteiger partial charge in [-0.15, -0.1) is 0 Å². The number of carbonyl (C=O) groups is 4. The van der Waals surface area contributed by atoms with Gasteiger partial charge in [-0.2, -0.15) is 0 Å². The number of imide groups is 1. The molecule has 0 aromatic heterocycles. The lowest BCUT2D eigenvalue weighted by molar-refractivity contribution is -0.136. The van der Waals surface area contributed by atoms with Gasteiger partial charge in [0.2, 0.25) is 11.8 Å². The molecular weight excluding hydrogens is 547 g/mol. The summed E-state index contributed by atoms with van der Waals surface area (Å²) in [6, 6.07) is 9.11. The van der Waals surface area contributed by atoms with Gasteiger partial charge < -0.3 is 19.1 Å². The predicted molar refractivity (Wildman–Crippen MR) is 136 cm³/mol. The molecule has 10 nitrogen and oxygen atoms in total. The van der Waals surface area contributed by atoms with Crippen LogP contribution in [0.2, 0.25) is 0 Å². The van der Waals surface area contributed by atoms with Crippen molar-refractivity contribution in [3.05, 3.63) is 82.7 Å². The highest BCUT2D eigenvalue weighted by Gasteiger charge is 2.41. The van der Waals surface area contributed by atoms with E-state index in [1.807, 2.05) is 0 Å². The van der Waals surface area contributed by atoms with Crippen LogP contribution in [0.4, 0.5) is 23.7 Å². The molecule has 1 saturated heterocycles. The van der Waals surface area contributed by atoms with Gasteiger partial charge in [0, 0.05) is 36.3 Å². The summed E-state index contributed by atoms with van der Waals surface area (Å²) in [5.74, 6) is -5.22. The number of hydrogen-bond donors (Lipinski definition) is 2. The Hall–Kier alpha value is -5.07. The van der Waals surface area contributed by atoms with Gasteiger partial charge in [0.25, 0.3) is 5.91 Å². The van der Waals surface area contributed by atoms with E-state index >= 15 is 0 Å². The molecule has 2 N–H and O–H groups in total. The first-order valence-electron chi connectivity index (χ1n) is 12.3. The van der Waals surface area contributed by atoms with Crippen LogP contribution in [-0.4, -0.2) is 41.9 Å². The number of carbonyl (C=O) groups excluding carboxylic acids is 4. The number of rotatable bonds is 7. The van der Waals surface area contributed by atoms with Crippen molar-refractivity contribution in [3.63, 3.8) is 0 Å². The van der Waals surface area contributed by atoms with Crippen molar-refractivity contribution in [2.75, 3.05) is 12.4 Å². The fourth-order valence-corrected chi connectivity index (χ4v) is 4.62. The molecule has 0 spiro atoms. The minimum absolute atomic E-state index is 0.104. The van der Waals surface area contributed by atoms with E-state index < -0.39 is 47.2 Å². The Balaban J connectivity index is 1.21. The van der Waals surface area contributed by atoms with E-state index in [4.69, 9.17) is 14.2 Å². The predicted octanol–water partition coefficient (Wildman–Crippen LogP) is 4.41. The summed E-state index contributed by atoms with van der Waals surface area (Å²) < 4.78 is 56.3. The van der Waals surface area contributed by atoms with Crippen LogP contribution in [-0.2, 0) is 27.5 Å². The number of nitrogens with one attached hydrogen (secondary N) is 2. The van der Waals surface area contributed by atoms with Gasteiger partial charge in [0.05, 0.1) is 12.7 Å². The summed E-state index contributed by atoms with van der Waals surface area (Å²) in [5.41, 5.74) is 1.60. The average molecular weight is 569 g/mol. The van der Waals surface area contributed by atoms with Crippen molar-refractivity contribution >= 4 is 29.5 Å². The smallest absolute Gasteiger partial charge is 0.411 e. The number of halogens is 3. The fraction of sp³-hybridized carbons (Fsp3) is 0.214. The standard InChI is InChI=1S/C28H22F3N3O7/c1-39-25-15(3-2-14-12-34(27(37)24(14)25)21-8-9-23(35)33-26(21)36)13-40-28(38)32-16-4-6-17(7-5-16)41-22-11-19(30)18(29)10-20(22)31/h2-7,10-11,21H,8-9,12-13H2,1H3,(H,32,38)(H,33,35,36). The van der Waals surface area contributed by atoms with Gasteiger partial charge >= 0.3 is 6.09 Å². The van der Waals surface area contributed by atoms with Gasteiger partial charge in [0.1, 0.15) is 24.1 Å². The molecule has 13 heteroatoms. The van der Waals surface area contributed by atoms with Crippen molar-refractivity contribution < 1.29 is 46.6 Å². The number of piperidine rings is 1. The number of hydrogen-bond acceptors (Lipinski definition) is 7. The Morgan fingerprint density at radius 2 is 1.76 bits per heavy atom. The van der Waals surface area contributed by atoms with Crippen LogP contribution in [0.5, 0.6) is 17.2 Å². The highest BCUT2D eigenvalue weighted by atomic mass is 19.2. The molecule has 2 heterocycles. The second kappa shape index (κ2) is 11.2. The zero-order valence-corrected chi connectivity index (χ0v) is 21.5. The van der Waals surface area contributed by atoms with Crippen molar-refractivity contribution in [3.8, 4) is 17.2 Å². The van der Waals surface area contributed by atoms with E-state index in [1.165, 1.54) is 36.3 Å². The zero-order valence-electron chi connectivity index (χ0n) is 21.5. The van der Waals surface area contributed by atoms with Crippen LogP contribution in [0.1, 0.15) is 34.3 Å². The molecule has 4 amide bonds. The van der Waals surface area contributed by atoms with Crippen LogP contribution >= 0.6 is 0 Å². The minimum Gasteiger partial charge on any atom is -0.495 e. The zero-order chi connectivity index (χ0) is 29.3. The molecular formula is C28H22F3N3O7. The monoisotopic (exact) mass is 569 g/mol. The minimum atomic E-state index is -1.34. The largest absolute Gasteiger partial charge is 0.495 e. The highest BCUT2D eigenvalue weighted by molar-refractivity contribution is 6.06. The normalized spacial score (nSPS) is 16.2. The molecule has 41 heavy (non-hydrogen) atoms. The van der Waals surface area contributed by atoms with Crippen LogP contribution in [0.15, 0.2) is 48.5 Å². The summed E-state index contributed by atoms with van der Waals surface area (Å²) in [6.07, 6.45) is -0.480. The first-order chi connectivity index (χ1) is 19.6. The third-order valence-corrected chi connectivity index (χ3v) is 6.59. The van der Waals surface area contributed by atoms with Crippen molar-refractivity contribution in [2.24, 2.45) is 0 Å². The number of amides is 4. The van der Waals surface area contributed by atoms with Crippen LogP contribution in [0, 0.1) is 17.5 Å². The molecule has 2 aliphatic heterocycles. The molecule has 3 aromatic rings. The van der Waals surface area contributed by atoms with Crippen LogP contribution in [0.3, 0.4) is 0 Å². The number of ether oxygens (including phenoxy) is 3. The molecule has 5 rings (SSSR count). The summed E-state index contributed by atoms with van der Waals surface area (Å²) in [4.78, 5) is 50.8. The highest BCUT2D eigenvalue weighted by Crippen LogP contribution is 2.36. The molecule has 1 unspecified atom stereocenters. The quantitative estimate of drug-likeness (QED) is 0.319. The maximum atomic E-state index is 13.8. The van der Waals surface area contributed by atoms with Crippen molar-refractivity contribution in [2.45, 2.75) is 32.0 Å². The molecule has 1 atom stereocenters. The third-order valence-electron chi connectivity index (χ3n) is 6.59. The van der Waals surface area contributed by atoms with Crippen LogP contribution < -0.4 is 20.1 Å². The Bertz CT molecular complexity index is 1560. The van der Waals surface area contributed by atoms with E-state index in [1.54, 1.807) is 12.1 Å². The van der Waals surface area contributed by atoms with Gasteiger partial charge in [-0.3, -0.25) is 25.0 Å². The lowest BCUT2D eigenvalue weighted by Gasteiger charge is -2.29. The van der Waals surface area contributed by atoms with Gasteiger partial charge in [-0.25, -0.2) is 18.0 Å². The summed E-state index contributed by atoms with van der Waals surface area (Å²) in [6.45, 7) is -0.0779. The Labute approximate surface area is 231 Å². The van der Waals surface area contributed by atoms with Crippen molar-refractivity contribution in [1.82, 2.24) is 10.2 Å². The average Bonchev–Trinajstić information content (AvgIpc) is 3.27. The third kappa shape index (κ3) is 5.64. The van der Waals surface area contributed by atoms with Crippen molar-refractivity contribution in [1.29, 1.82) is 0 Å². The van der Waals surface area contributed by atoms with E-state index in [2.05, 4.69) is 10.6 Å². The lowest BCUT2D eigenvalue weighted by atomic mass is 10.0. The number of anilines is 1. The Morgan fingerprint density at radius 3 is 2.46 bits per heavy atom. The maximum Gasteiger partial charge on any atom is 0.411 e. The first-order valence-corrected chi connectivity index (χ1v) is 12.3. The van der Waals surface area contributed by atoms with E-state index in [0.717, 1.165) is 0 Å². The van der Waals surface area contributed by atoms with E-state index in [9.17, 15) is 32.3 Å². The molecule has 3 aromatic carbocycles. The summed E-state index contributed by atoms with van der Waals surface area (Å²) in [7, 11) is 1.37. The summed E-state index contributed by atoms with van der Waals surface area (Å²) in [5, 5.41) is 4.75. The number of methoxy groups -OCH3 is 1. The molecule has 0 saturated carbocycles. The van der Waals surface area contributed by atoms with E-state index in [0.29, 0.717) is 28.9 Å². The molecule has 0 aliphatic carbocycles. The maximum absolute atomic E-state index is 13.8. The Kier molecular flexibility index (Phi) is 7.51. The second-order valence-electron chi connectivity index (χ2n) is 9.22. The molecule has 212 valence electrons. The summed E-state index contributed by atoms with van der Waals surface area (Å²) >= 11 is 0. The van der Waals surface area contributed by atoms with Crippen LogP contribution in [0.25, 0.3) is 0 Å². The molecule has 1 fully saturated rings. The number of benzene rings is 3.